The molecule has 0 amide bonds. The maximum absolute atomic E-state index is 13.3. The van der Waals surface area contributed by atoms with Crippen LogP contribution in [0.1, 0.15) is 53.9 Å². The molecule has 1 heterocycles. The molecule has 0 aromatic heterocycles. The Kier molecular flexibility index (Phi) is 7.34. The van der Waals surface area contributed by atoms with Crippen LogP contribution < -0.4 is 9.46 Å². The third kappa shape index (κ3) is 5.73. The van der Waals surface area contributed by atoms with Crippen LogP contribution in [0.4, 0.5) is 13.2 Å². The zero-order valence-corrected chi connectivity index (χ0v) is 21.1. The van der Waals surface area contributed by atoms with Gasteiger partial charge in [0, 0.05) is 13.1 Å². The molecule has 196 valence electrons. The highest BCUT2D eigenvalue weighted by atomic mass is 32.2. The van der Waals surface area contributed by atoms with Crippen molar-refractivity contribution in [1.29, 1.82) is 0 Å². The molecule has 3 aliphatic rings. The highest BCUT2D eigenvalue weighted by Crippen LogP contribution is 2.43. The molecule has 0 radical (unpaired) electrons. The molecule has 9 heteroatoms. The molecule has 2 atom stereocenters. The van der Waals surface area contributed by atoms with Gasteiger partial charge in [-0.25, -0.2) is 13.1 Å². The third-order valence-corrected chi connectivity index (χ3v) is 9.84. The standard InChI is InChI=1S/C27H33F3N2O3S/c28-27(29,30)22-5-1-4-19(14-22)15-25-21(18-32-11-3-12-32)16-20-8-9-23(17-26(20)25)35-13-10-31-36(33,34)24-6-2-7-24/h1,4-5,8-9,14,17,21,24-25,31H,2-3,6-7,10-13,15-16,18H2. The Labute approximate surface area is 211 Å². The summed E-state index contributed by atoms with van der Waals surface area (Å²) >= 11 is 0. The minimum absolute atomic E-state index is 0.102. The quantitative estimate of drug-likeness (QED) is 0.457. The van der Waals surface area contributed by atoms with Gasteiger partial charge in [0.05, 0.1) is 10.8 Å². The monoisotopic (exact) mass is 522 g/mol. The molecule has 1 aliphatic heterocycles. The van der Waals surface area contributed by atoms with Gasteiger partial charge < -0.3 is 9.64 Å². The number of rotatable bonds is 10. The van der Waals surface area contributed by atoms with Crippen LogP contribution in [0.5, 0.6) is 5.75 Å². The number of benzene rings is 2. The minimum atomic E-state index is -4.36. The second kappa shape index (κ2) is 10.3. The van der Waals surface area contributed by atoms with Gasteiger partial charge in [-0.3, -0.25) is 0 Å². The third-order valence-electron chi connectivity index (χ3n) is 7.88. The number of sulfonamides is 1. The first kappa shape index (κ1) is 25.5. The summed E-state index contributed by atoms with van der Waals surface area (Å²) in [5.41, 5.74) is 2.42. The number of ether oxygens (including phenoxy) is 1. The van der Waals surface area contributed by atoms with E-state index in [-0.39, 0.29) is 24.3 Å². The Morgan fingerprint density at radius 3 is 2.53 bits per heavy atom. The fourth-order valence-electron chi connectivity index (χ4n) is 5.52. The topological polar surface area (TPSA) is 58.6 Å². The van der Waals surface area contributed by atoms with Crippen LogP contribution in [0.15, 0.2) is 42.5 Å². The van der Waals surface area contributed by atoms with Crippen molar-refractivity contribution in [3.8, 4) is 5.75 Å². The number of alkyl halides is 3. The van der Waals surface area contributed by atoms with Crippen LogP contribution in [0.3, 0.4) is 0 Å². The van der Waals surface area contributed by atoms with Crippen molar-refractivity contribution in [2.24, 2.45) is 5.92 Å². The molecule has 2 unspecified atom stereocenters. The first-order valence-electron chi connectivity index (χ1n) is 12.8. The van der Waals surface area contributed by atoms with Crippen LogP contribution in [0, 0.1) is 5.92 Å². The Morgan fingerprint density at radius 2 is 1.86 bits per heavy atom. The molecule has 2 aliphatic carbocycles. The summed E-state index contributed by atoms with van der Waals surface area (Å²) in [6.45, 7) is 3.53. The molecular weight excluding hydrogens is 489 g/mol. The Hall–Kier alpha value is -2.10. The normalized spacial score (nSPS) is 22.6. The molecule has 2 aromatic carbocycles. The molecule has 5 rings (SSSR count). The lowest BCUT2D eigenvalue weighted by Gasteiger charge is -2.35. The number of nitrogens with zero attached hydrogens (tertiary/aromatic N) is 1. The number of nitrogens with one attached hydrogen (secondary N) is 1. The van der Waals surface area contributed by atoms with Crippen molar-refractivity contribution in [2.75, 3.05) is 32.8 Å². The average Bonchev–Trinajstić information content (AvgIpc) is 3.08. The predicted octanol–water partition coefficient (Wildman–Crippen LogP) is 4.76. The molecule has 0 bridgehead atoms. The summed E-state index contributed by atoms with van der Waals surface area (Å²) in [7, 11) is -3.28. The smallest absolute Gasteiger partial charge is 0.416 e. The van der Waals surface area contributed by atoms with E-state index in [1.165, 1.54) is 24.1 Å². The summed E-state index contributed by atoms with van der Waals surface area (Å²) in [6.07, 6.45) is 0.663. The van der Waals surface area contributed by atoms with Crippen molar-refractivity contribution >= 4 is 10.0 Å². The Bertz CT molecular complexity index is 1180. The van der Waals surface area contributed by atoms with E-state index in [1.54, 1.807) is 6.07 Å². The molecule has 1 N–H and O–H groups in total. The van der Waals surface area contributed by atoms with Gasteiger partial charge in [-0.05, 0) is 91.9 Å². The van der Waals surface area contributed by atoms with E-state index in [0.717, 1.165) is 44.1 Å². The van der Waals surface area contributed by atoms with E-state index in [0.29, 0.717) is 36.5 Å². The van der Waals surface area contributed by atoms with Gasteiger partial charge in [0.15, 0.2) is 0 Å². The van der Waals surface area contributed by atoms with E-state index >= 15 is 0 Å². The zero-order valence-electron chi connectivity index (χ0n) is 20.3. The molecule has 0 spiro atoms. The lowest BCUT2D eigenvalue weighted by atomic mass is 9.85. The molecule has 2 fully saturated rings. The van der Waals surface area contributed by atoms with Crippen LogP contribution in [-0.2, 0) is 29.0 Å². The van der Waals surface area contributed by atoms with Crippen LogP contribution in [0.2, 0.25) is 0 Å². The highest BCUT2D eigenvalue weighted by Gasteiger charge is 2.36. The highest BCUT2D eigenvalue weighted by molar-refractivity contribution is 7.90. The van der Waals surface area contributed by atoms with Crippen molar-refractivity contribution in [1.82, 2.24) is 9.62 Å². The van der Waals surface area contributed by atoms with Gasteiger partial charge in [0.25, 0.3) is 0 Å². The summed E-state index contributed by atoms with van der Waals surface area (Å²) in [5.74, 6) is 1.10. The zero-order chi connectivity index (χ0) is 25.3. The van der Waals surface area contributed by atoms with E-state index in [2.05, 4.69) is 15.7 Å². The van der Waals surface area contributed by atoms with Crippen LogP contribution >= 0.6 is 0 Å². The van der Waals surface area contributed by atoms with Crippen molar-refractivity contribution < 1.29 is 26.3 Å². The van der Waals surface area contributed by atoms with E-state index in [1.807, 2.05) is 12.1 Å². The van der Waals surface area contributed by atoms with Crippen molar-refractivity contribution in [3.05, 3.63) is 64.7 Å². The number of hydrogen-bond donors (Lipinski definition) is 1. The average molecular weight is 523 g/mol. The van der Waals surface area contributed by atoms with Gasteiger partial charge >= 0.3 is 6.18 Å². The molecule has 5 nitrogen and oxygen atoms in total. The number of hydrogen-bond acceptors (Lipinski definition) is 4. The fourth-order valence-corrected chi connectivity index (χ4v) is 7.07. The lowest BCUT2D eigenvalue weighted by molar-refractivity contribution is -0.137. The maximum Gasteiger partial charge on any atom is 0.416 e. The molecule has 2 aromatic rings. The minimum Gasteiger partial charge on any atom is -0.492 e. The molecule has 1 saturated heterocycles. The van der Waals surface area contributed by atoms with Gasteiger partial charge in [0.2, 0.25) is 10.0 Å². The van der Waals surface area contributed by atoms with Gasteiger partial charge in [0.1, 0.15) is 12.4 Å². The largest absolute Gasteiger partial charge is 0.492 e. The van der Waals surface area contributed by atoms with E-state index < -0.39 is 21.8 Å². The second-order valence-electron chi connectivity index (χ2n) is 10.3. The Morgan fingerprint density at radius 1 is 1.06 bits per heavy atom. The molecule has 36 heavy (non-hydrogen) atoms. The van der Waals surface area contributed by atoms with Crippen molar-refractivity contribution in [3.63, 3.8) is 0 Å². The predicted molar refractivity (Wildman–Crippen MR) is 133 cm³/mol. The van der Waals surface area contributed by atoms with Crippen molar-refractivity contribution in [2.45, 2.75) is 55.9 Å². The first-order chi connectivity index (χ1) is 17.2. The number of fused-ring (bicyclic) bond motifs is 1. The molecular formula is C27H33F3N2O3S. The first-order valence-corrected chi connectivity index (χ1v) is 14.4. The summed E-state index contributed by atoms with van der Waals surface area (Å²) in [6, 6.07) is 11.6. The van der Waals surface area contributed by atoms with E-state index in [4.69, 9.17) is 4.74 Å². The number of likely N-dealkylation sites (tertiary alicyclic amines) is 1. The lowest BCUT2D eigenvalue weighted by Crippen LogP contribution is -2.41. The van der Waals surface area contributed by atoms with Gasteiger partial charge in [-0.1, -0.05) is 30.7 Å². The molecule has 1 saturated carbocycles. The van der Waals surface area contributed by atoms with Crippen LogP contribution in [-0.4, -0.2) is 51.4 Å². The maximum atomic E-state index is 13.3. The Balaban J connectivity index is 1.28. The second-order valence-corrected chi connectivity index (χ2v) is 12.4. The van der Waals surface area contributed by atoms with Gasteiger partial charge in [-0.15, -0.1) is 0 Å². The summed E-state index contributed by atoms with van der Waals surface area (Å²) < 4.78 is 72.8. The van der Waals surface area contributed by atoms with Crippen LogP contribution in [0.25, 0.3) is 0 Å². The summed E-state index contributed by atoms with van der Waals surface area (Å²) in [4.78, 5) is 2.42. The fraction of sp³-hybridized carbons (Fsp3) is 0.556. The van der Waals surface area contributed by atoms with E-state index in [9.17, 15) is 21.6 Å². The summed E-state index contributed by atoms with van der Waals surface area (Å²) in [5, 5.41) is -0.280. The van der Waals surface area contributed by atoms with Gasteiger partial charge in [-0.2, -0.15) is 13.2 Å². The number of halogens is 3. The SMILES string of the molecule is O=S(=O)(NCCOc1ccc2c(c1)C(Cc1cccc(C(F)(F)F)c1)C(CN1CCC1)C2)C1CCC1.